The standard InChI is InChI=1S/C28H39N3O9/c1-6-38-26(36)17-30(18-27(37)39-28(3,4)5)19(2)16-20-10-12-21(13-11-20)29-22(32)8-7-9-25(35)40-31-23(33)14-15-24(31)34/h10-13,19H,6-9,14-18H2,1-5H3,(H,29,32)/t19-/m0/s1. The van der Waals surface area contributed by atoms with Crippen molar-refractivity contribution in [2.75, 3.05) is 25.0 Å². The number of rotatable bonds is 14. The van der Waals surface area contributed by atoms with Gasteiger partial charge >= 0.3 is 17.9 Å². The molecule has 1 atom stereocenters. The minimum Gasteiger partial charge on any atom is -0.465 e. The van der Waals surface area contributed by atoms with Crippen LogP contribution in [0.2, 0.25) is 0 Å². The summed E-state index contributed by atoms with van der Waals surface area (Å²) < 4.78 is 10.5. The topological polar surface area (TPSA) is 149 Å². The minimum atomic E-state index is -0.751. The van der Waals surface area contributed by atoms with Gasteiger partial charge in [0.2, 0.25) is 5.91 Å². The number of hydrogen-bond acceptors (Lipinski definition) is 10. The number of amides is 3. The summed E-state index contributed by atoms with van der Waals surface area (Å²) in [6.45, 7) is 9.08. The summed E-state index contributed by atoms with van der Waals surface area (Å²) >= 11 is 0. The Balaban J connectivity index is 1.84. The van der Waals surface area contributed by atoms with Gasteiger partial charge in [0, 0.05) is 37.4 Å². The Hall–Kier alpha value is -3.80. The van der Waals surface area contributed by atoms with Crippen LogP contribution in [0, 0.1) is 0 Å². The maximum atomic E-state index is 12.4. The number of carbonyl (C=O) groups excluding carboxylic acids is 6. The van der Waals surface area contributed by atoms with Crippen LogP contribution in [0.5, 0.6) is 0 Å². The van der Waals surface area contributed by atoms with Gasteiger partial charge in [-0.25, -0.2) is 4.79 Å². The quantitative estimate of drug-likeness (QED) is 0.265. The van der Waals surface area contributed by atoms with Crippen LogP contribution < -0.4 is 5.32 Å². The summed E-state index contributed by atoms with van der Waals surface area (Å²) in [6.07, 6.45) is 0.676. The Morgan fingerprint density at radius 2 is 1.55 bits per heavy atom. The highest BCUT2D eigenvalue weighted by molar-refractivity contribution is 6.01. The lowest BCUT2D eigenvalue weighted by molar-refractivity contribution is -0.197. The van der Waals surface area contributed by atoms with Crippen molar-refractivity contribution >= 4 is 41.3 Å². The number of benzene rings is 1. The van der Waals surface area contributed by atoms with Crippen LogP contribution in [0.15, 0.2) is 24.3 Å². The van der Waals surface area contributed by atoms with E-state index >= 15 is 0 Å². The number of esters is 2. The second-order valence-electron chi connectivity index (χ2n) is 10.5. The van der Waals surface area contributed by atoms with E-state index in [0.29, 0.717) is 17.2 Å². The summed E-state index contributed by atoms with van der Waals surface area (Å²) in [6, 6.07) is 6.96. The highest BCUT2D eigenvalue weighted by atomic mass is 16.7. The second-order valence-corrected chi connectivity index (χ2v) is 10.5. The van der Waals surface area contributed by atoms with Crippen LogP contribution in [0.4, 0.5) is 5.69 Å². The molecule has 0 aliphatic carbocycles. The zero-order valence-corrected chi connectivity index (χ0v) is 23.8. The molecule has 1 aromatic rings. The van der Waals surface area contributed by atoms with Gasteiger partial charge in [0.1, 0.15) is 5.60 Å². The van der Waals surface area contributed by atoms with E-state index in [-0.39, 0.29) is 63.7 Å². The van der Waals surface area contributed by atoms with E-state index in [1.54, 1.807) is 44.7 Å². The van der Waals surface area contributed by atoms with Crippen LogP contribution in [-0.2, 0) is 49.5 Å². The molecule has 40 heavy (non-hydrogen) atoms. The van der Waals surface area contributed by atoms with Crippen LogP contribution in [0.1, 0.15) is 72.3 Å². The van der Waals surface area contributed by atoms with Gasteiger partial charge in [0.25, 0.3) is 11.8 Å². The fraction of sp³-hybridized carbons (Fsp3) is 0.571. The molecule has 0 bridgehead atoms. The molecule has 1 aromatic carbocycles. The van der Waals surface area contributed by atoms with Crippen molar-refractivity contribution in [2.45, 2.75) is 84.8 Å². The molecule has 220 valence electrons. The first kappa shape index (κ1) is 32.4. The van der Waals surface area contributed by atoms with E-state index in [2.05, 4.69) is 5.32 Å². The molecule has 3 amide bonds. The van der Waals surface area contributed by atoms with Crippen molar-refractivity contribution in [1.29, 1.82) is 0 Å². The lowest BCUT2D eigenvalue weighted by Gasteiger charge is -2.29. The fourth-order valence-electron chi connectivity index (χ4n) is 3.90. The molecule has 0 radical (unpaired) electrons. The van der Waals surface area contributed by atoms with E-state index in [0.717, 1.165) is 5.56 Å². The third-order valence-corrected chi connectivity index (χ3v) is 5.77. The van der Waals surface area contributed by atoms with Gasteiger partial charge < -0.3 is 19.6 Å². The molecule has 2 rings (SSSR count). The Bertz CT molecular complexity index is 1060. The van der Waals surface area contributed by atoms with Crippen molar-refractivity contribution in [3.8, 4) is 0 Å². The molecule has 12 nitrogen and oxygen atoms in total. The molecular weight excluding hydrogens is 522 g/mol. The largest absolute Gasteiger partial charge is 0.465 e. The number of carbonyl (C=O) groups is 6. The lowest BCUT2D eigenvalue weighted by atomic mass is 10.1. The minimum absolute atomic E-state index is 0.0180. The molecule has 1 saturated heterocycles. The third kappa shape index (κ3) is 11.5. The zero-order valence-electron chi connectivity index (χ0n) is 23.8. The van der Waals surface area contributed by atoms with Crippen molar-refractivity contribution in [2.24, 2.45) is 0 Å². The van der Waals surface area contributed by atoms with E-state index in [4.69, 9.17) is 14.3 Å². The summed E-state index contributed by atoms with van der Waals surface area (Å²) in [5, 5.41) is 3.24. The smallest absolute Gasteiger partial charge is 0.333 e. The number of imide groups is 1. The van der Waals surface area contributed by atoms with Gasteiger partial charge in [0.15, 0.2) is 0 Å². The molecule has 0 saturated carbocycles. The van der Waals surface area contributed by atoms with Crippen LogP contribution in [0.3, 0.4) is 0 Å². The predicted molar refractivity (Wildman–Crippen MR) is 143 cm³/mol. The average Bonchev–Trinajstić information content (AvgIpc) is 3.16. The van der Waals surface area contributed by atoms with Crippen molar-refractivity contribution in [3.63, 3.8) is 0 Å². The van der Waals surface area contributed by atoms with Gasteiger partial charge in [-0.15, -0.1) is 5.06 Å². The normalized spacial score (nSPS) is 14.2. The van der Waals surface area contributed by atoms with E-state index in [9.17, 15) is 28.8 Å². The highest BCUT2D eigenvalue weighted by Gasteiger charge is 2.32. The molecule has 1 aliphatic heterocycles. The first-order valence-corrected chi connectivity index (χ1v) is 13.3. The van der Waals surface area contributed by atoms with Gasteiger partial charge in [-0.3, -0.25) is 28.9 Å². The number of nitrogens with one attached hydrogen (secondary N) is 1. The summed E-state index contributed by atoms with van der Waals surface area (Å²) in [5.41, 5.74) is 0.847. The van der Waals surface area contributed by atoms with Crippen molar-refractivity contribution in [1.82, 2.24) is 9.96 Å². The van der Waals surface area contributed by atoms with E-state index in [1.807, 2.05) is 19.1 Å². The SMILES string of the molecule is CCOC(=O)CN(CC(=O)OC(C)(C)C)[C@@H](C)Cc1ccc(NC(=O)CCCC(=O)ON2C(=O)CCC2=O)cc1. The second kappa shape index (κ2) is 15.1. The summed E-state index contributed by atoms with van der Waals surface area (Å²) in [7, 11) is 0. The Morgan fingerprint density at radius 1 is 0.950 bits per heavy atom. The number of nitrogens with zero attached hydrogens (tertiary/aromatic N) is 2. The zero-order chi connectivity index (χ0) is 29.9. The van der Waals surface area contributed by atoms with Gasteiger partial charge in [-0.1, -0.05) is 12.1 Å². The molecule has 0 unspecified atom stereocenters. The molecular formula is C28H39N3O9. The van der Waals surface area contributed by atoms with Crippen molar-refractivity contribution < 1.29 is 43.1 Å². The van der Waals surface area contributed by atoms with Gasteiger partial charge in [-0.05, 0) is 65.2 Å². The van der Waals surface area contributed by atoms with Crippen LogP contribution >= 0.6 is 0 Å². The van der Waals surface area contributed by atoms with E-state index < -0.39 is 35.3 Å². The summed E-state index contributed by atoms with van der Waals surface area (Å²) in [5.74, 6) is -3.03. The number of hydrogen-bond donors (Lipinski definition) is 1. The summed E-state index contributed by atoms with van der Waals surface area (Å²) in [4.78, 5) is 78.2. The molecule has 1 fully saturated rings. The molecule has 12 heteroatoms. The number of ether oxygens (including phenoxy) is 2. The van der Waals surface area contributed by atoms with Crippen molar-refractivity contribution in [3.05, 3.63) is 29.8 Å². The lowest BCUT2D eigenvalue weighted by Crippen LogP contribution is -2.44. The monoisotopic (exact) mass is 561 g/mol. The first-order valence-electron chi connectivity index (χ1n) is 13.3. The maximum absolute atomic E-state index is 12.4. The Kier molecular flexibility index (Phi) is 12.2. The van der Waals surface area contributed by atoms with E-state index in [1.165, 1.54) is 0 Å². The van der Waals surface area contributed by atoms with Crippen LogP contribution in [0.25, 0.3) is 0 Å². The molecule has 1 heterocycles. The van der Waals surface area contributed by atoms with Gasteiger partial charge in [0.05, 0.1) is 19.7 Å². The predicted octanol–water partition coefficient (Wildman–Crippen LogP) is 2.54. The molecule has 1 aliphatic rings. The Morgan fingerprint density at radius 3 is 2.12 bits per heavy atom. The van der Waals surface area contributed by atoms with Gasteiger partial charge in [-0.2, -0.15) is 0 Å². The molecule has 0 spiro atoms. The molecule has 0 aromatic heterocycles. The molecule has 1 N–H and O–H groups in total. The van der Waals surface area contributed by atoms with Crippen LogP contribution in [-0.4, -0.2) is 76.9 Å². The number of hydroxylamine groups is 2. The highest BCUT2D eigenvalue weighted by Crippen LogP contribution is 2.16. The maximum Gasteiger partial charge on any atom is 0.333 e. The third-order valence-electron chi connectivity index (χ3n) is 5.77. The first-order chi connectivity index (χ1) is 18.8. The Labute approximate surface area is 234 Å². The average molecular weight is 562 g/mol. The number of anilines is 1. The fourth-order valence-corrected chi connectivity index (χ4v) is 3.90.